The van der Waals surface area contributed by atoms with Crippen molar-refractivity contribution in [2.24, 2.45) is 5.92 Å². The highest BCUT2D eigenvalue weighted by atomic mass is 15.2. The predicted molar refractivity (Wildman–Crippen MR) is 116 cm³/mol. The van der Waals surface area contributed by atoms with Gasteiger partial charge in [-0.3, -0.25) is 4.98 Å². The number of hydrogen-bond acceptors (Lipinski definition) is 3. The fourth-order valence-corrected chi connectivity index (χ4v) is 3.62. The molecule has 1 N–H and O–H groups in total. The van der Waals surface area contributed by atoms with Gasteiger partial charge in [0.25, 0.3) is 0 Å². The lowest BCUT2D eigenvalue weighted by Gasteiger charge is -2.34. The molecule has 2 heterocycles. The zero-order valence-electron chi connectivity index (χ0n) is 16.7. The van der Waals surface area contributed by atoms with E-state index >= 15 is 0 Å². The first-order valence-corrected chi connectivity index (χ1v) is 9.95. The summed E-state index contributed by atoms with van der Waals surface area (Å²) in [6, 6.07) is 12.9. The minimum atomic E-state index is 0.519. The van der Waals surface area contributed by atoms with Crippen molar-refractivity contribution in [1.29, 1.82) is 0 Å². The summed E-state index contributed by atoms with van der Waals surface area (Å²) in [4.78, 5) is 7.05. The van der Waals surface area contributed by atoms with Crippen molar-refractivity contribution in [2.75, 3.05) is 18.0 Å². The van der Waals surface area contributed by atoms with Crippen LogP contribution >= 0.6 is 0 Å². The summed E-state index contributed by atoms with van der Waals surface area (Å²) in [5.74, 6) is 0.519. The quantitative estimate of drug-likeness (QED) is 0.722. The SMILES string of the molecule is C=C(CC)c1ccc(CN(C(=C)C2CCNCC2)c2cccc(C)c2)nc1. The number of rotatable bonds is 7. The van der Waals surface area contributed by atoms with Crippen LogP contribution in [0.5, 0.6) is 0 Å². The van der Waals surface area contributed by atoms with E-state index in [0.717, 1.165) is 55.7 Å². The van der Waals surface area contributed by atoms with Gasteiger partial charge in [-0.15, -0.1) is 0 Å². The van der Waals surface area contributed by atoms with Crippen molar-refractivity contribution in [3.8, 4) is 0 Å². The Morgan fingerprint density at radius 3 is 2.59 bits per heavy atom. The largest absolute Gasteiger partial charge is 0.339 e. The minimum absolute atomic E-state index is 0.519. The number of aryl methyl sites for hydroxylation is 1. The van der Waals surface area contributed by atoms with E-state index in [0.29, 0.717) is 5.92 Å². The van der Waals surface area contributed by atoms with Gasteiger partial charge in [-0.2, -0.15) is 0 Å². The summed E-state index contributed by atoms with van der Waals surface area (Å²) in [6.45, 7) is 15.7. The molecule has 0 radical (unpaired) electrons. The number of nitrogens with one attached hydrogen (secondary N) is 1. The minimum Gasteiger partial charge on any atom is -0.339 e. The molecule has 0 bridgehead atoms. The van der Waals surface area contributed by atoms with Gasteiger partial charge in [0, 0.05) is 23.5 Å². The Bertz CT molecular complexity index is 786. The van der Waals surface area contributed by atoms with Crippen molar-refractivity contribution in [3.05, 3.63) is 78.3 Å². The van der Waals surface area contributed by atoms with E-state index in [9.17, 15) is 0 Å². The molecule has 0 spiro atoms. The molecule has 1 aromatic carbocycles. The maximum atomic E-state index is 4.71. The van der Waals surface area contributed by atoms with Crippen LogP contribution in [-0.2, 0) is 6.54 Å². The molecule has 0 atom stereocenters. The number of hydrogen-bond donors (Lipinski definition) is 1. The van der Waals surface area contributed by atoms with Gasteiger partial charge in [-0.1, -0.05) is 38.3 Å². The van der Waals surface area contributed by atoms with Gasteiger partial charge >= 0.3 is 0 Å². The lowest BCUT2D eigenvalue weighted by Crippen LogP contribution is -2.34. The van der Waals surface area contributed by atoms with Crippen molar-refractivity contribution in [1.82, 2.24) is 10.3 Å². The van der Waals surface area contributed by atoms with Gasteiger partial charge in [-0.25, -0.2) is 0 Å². The number of nitrogens with zero attached hydrogens (tertiary/aromatic N) is 2. The van der Waals surface area contributed by atoms with Gasteiger partial charge in [-0.05, 0) is 74.2 Å². The maximum absolute atomic E-state index is 4.71. The van der Waals surface area contributed by atoms with Crippen molar-refractivity contribution >= 4 is 11.3 Å². The molecule has 1 saturated heterocycles. The number of piperidine rings is 1. The van der Waals surface area contributed by atoms with E-state index in [-0.39, 0.29) is 0 Å². The number of pyridine rings is 1. The van der Waals surface area contributed by atoms with Gasteiger partial charge in [0.2, 0.25) is 0 Å². The Balaban J connectivity index is 1.85. The van der Waals surface area contributed by atoms with Gasteiger partial charge in [0.15, 0.2) is 0 Å². The highest BCUT2D eigenvalue weighted by molar-refractivity contribution is 5.62. The third kappa shape index (κ3) is 4.86. The normalized spacial score (nSPS) is 14.7. The standard InChI is InChI=1S/C24H31N3/c1-5-19(3)22-9-10-23(26-16-22)17-27(24-8-6-7-18(2)15-24)20(4)21-11-13-25-14-12-21/h6-10,15-16,21,25H,3-5,11-14,17H2,1-2H3. The second-order valence-electron chi connectivity index (χ2n) is 7.44. The van der Waals surface area contributed by atoms with E-state index in [1.807, 2.05) is 6.20 Å². The number of allylic oxidation sites excluding steroid dienone is 2. The Labute approximate surface area is 163 Å². The highest BCUT2D eigenvalue weighted by Gasteiger charge is 2.22. The van der Waals surface area contributed by atoms with Gasteiger partial charge < -0.3 is 10.2 Å². The molecule has 2 aromatic rings. The van der Waals surface area contributed by atoms with Crippen LogP contribution < -0.4 is 10.2 Å². The molecule has 0 unspecified atom stereocenters. The molecule has 1 fully saturated rings. The third-order valence-corrected chi connectivity index (χ3v) is 5.45. The first kappa shape index (κ1) is 19.4. The summed E-state index contributed by atoms with van der Waals surface area (Å²) in [5.41, 5.74) is 6.97. The summed E-state index contributed by atoms with van der Waals surface area (Å²) in [5, 5.41) is 3.45. The summed E-state index contributed by atoms with van der Waals surface area (Å²) < 4.78 is 0. The van der Waals surface area contributed by atoms with Gasteiger partial charge in [0.05, 0.1) is 12.2 Å². The summed E-state index contributed by atoms with van der Waals surface area (Å²) in [7, 11) is 0. The Hall–Kier alpha value is -2.39. The summed E-state index contributed by atoms with van der Waals surface area (Å²) >= 11 is 0. The van der Waals surface area contributed by atoms with Gasteiger partial charge in [0.1, 0.15) is 0 Å². The van der Waals surface area contributed by atoms with Crippen molar-refractivity contribution < 1.29 is 0 Å². The molecule has 1 aliphatic heterocycles. The third-order valence-electron chi connectivity index (χ3n) is 5.45. The number of aromatic nitrogens is 1. The van der Waals surface area contributed by atoms with Crippen LogP contribution in [0.3, 0.4) is 0 Å². The molecule has 1 aliphatic rings. The zero-order chi connectivity index (χ0) is 19.2. The van der Waals surface area contributed by atoms with E-state index < -0.39 is 0 Å². The van der Waals surface area contributed by atoms with Crippen LogP contribution in [0.25, 0.3) is 5.57 Å². The average molecular weight is 362 g/mol. The monoisotopic (exact) mass is 361 g/mol. The molecule has 142 valence electrons. The Morgan fingerprint density at radius 1 is 1.19 bits per heavy atom. The molecular weight excluding hydrogens is 330 g/mol. The molecule has 3 nitrogen and oxygen atoms in total. The molecule has 0 amide bonds. The van der Waals surface area contributed by atoms with E-state index in [4.69, 9.17) is 4.98 Å². The molecule has 3 rings (SSSR count). The Kier molecular flexibility index (Phi) is 6.46. The first-order chi connectivity index (χ1) is 13.1. The predicted octanol–water partition coefficient (Wildman–Crippen LogP) is 5.33. The topological polar surface area (TPSA) is 28.2 Å². The summed E-state index contributed by atoms with van der Waals surface area (Å²) in [6.07, 6.45) is 5.18. The van der Waals surface area contributed by atoms with Crippen LogP contribution in [0, 0.1) is 12.8 Å². The molecule has 0 aliphatic carbocycles. The van der Waals surface area contributed by atoms with E-state index in [1.165, 1.54) is 16.9 Å². The fraction of sp³-hybridized carbons (Fsp3) is 0.375. The van der Waals surface area contributed by atoms with E-state index in [1.54, 1.807) is 0 Å². The Morgan fingerprint density at radius 2 is 1.96 bits per heavy atom. The molecule has 1 aromatic heterocycles. The number of benzene rings is 1. The van der Waals surface area contributed by atoms with Crippen LogP contribution in [-0.4, -0.2) is 18.1 Å². The molecule has 27 heavy (non-hydrogen) atoms. The average Bonchev–Trinajstić information content (AvgIpc) is 2.72. The molecular formula is C24H31N3. The zero-order valence-corrected chi connectivity index (χ0v) is 16.7. The van der Waals surface area contributed by atoms with Crippen molar-refractivity contribution in [3.63, 3.8) is 0 Å². The van der Waals surface area contributed by atoms with Crippen molar-refractivity contribution in [2.45, 2.75) is 39.7 Å². The smallest absolute Gasteiger partial charge is 0.0650 e. The lowest BCUT2D eigenvalue weighted by molar-refractivity contribution is 0.412. The maximum Gasteiger partial charge on any atom is 0.0650 e. The van der Waals surface area contributed by atoms with Crippen LogP contribution in [0.1, 0.15) is 43.0 Å². The van der Waals surface area contributed by atoms with Crippen LogP contribution in [0.2, 0.25) is 0 Å². The van der Waals surface area contributed by atoms with E-state index in [2.05, 4.69) is 73.6 Å². The highest BCUT2D eigenvalue weighted by Crippen LogP contribution is 2.30. The lowest BCUT2D eigenvalue weighted by atomic mass is 9.93. The second kappa shape index (κ2) is 9.01. The molecule has 3 heteroatoms. The van der Waals surface area contributed by atoms with Crippen LogP contribution in [0.15, 0.2) is 61.4 Å². The molecule has 0 saturated carbocycles. The van der Waals surface area contributed by atoms with Crippen LogP contribution in [0.4, 0.5) is 5.69 Å². The number of anilines is 1. The fourth-order valence-electron chi connectivity index (χ4n) is 3.62. The first-order valence-electron chi connectivity index (χ1n) is 9.95. The second-order valence-corrected chi connectivity index (χ2v) is 7.44.